The zero-order valence-electron chi connectivity index (χ0n) is 10.8. The first-order chi connectivity index (χ1) is 10.4. The average molecular weight is 327 g/mol. The molecule has 1 aromatic carbocycles. The highest BCUT2D eigenvalue weighted by atomic mass is 32.2. The van der Waals surface area contributed by atoms with Crippen molar-refractivity contribution in [3.05, 3.63) is 30.6 Å². The molecular formula is C12H8F3N5OS. The Hall–Kier alpha value is -2.49. The lowest BCUT2D eigenvalue weighted by atomic mass is 10.3. The average Bonchev–Trinajstić information content (AvgIpc) is 2.83. The maximum atomic E-state index is 12.4. The summed E-state index contributed by atoms with van der Waals surface area (Å²) >= 11 is 0.974. The number of rotatable bonds is 3. The third-order valence-electron chi connectivity index (χ3n) is 2.58. The van der Waals surface area contributed by atoms with Crippen molar-refractivity contribution in [3.63, 3.8) is 0 Å². The molecule has 2 aromatic heterocycles. The van der Waals surface area contributed by atoms with E-state index in [0.717, 1.165) is 11.8 Å². The van der Waals surface area contributed by atoms with Gasteiger partial charge in [0.05, 0.1) is 4.90 Å². The van der Waals surface area contributed by atoms with Crippen molar-refractivity contribution in [3.8, 4) is 5.75 Å². The number of nitrogens with one attached hydrogen (secondary N) is 1. The van der Waals surface area contributed by atoms with Crippen LogP contribution in [0.1, 0.15) is 0 Å². The Balaban J connectivity index is 1.93. The fraction of sp³-hybridized carbons (Fsp3) is 0.0833. The maximum Gasteiger partial charge on any atom is 0.573 e. The summed E-state index contributed by atoms with van der Waals surface area (Å²) in [6, 6.07) is 5.77. The lowest BCUT2D eigenvalue weighted by Gasteiger charge is -2.11. The summed E-state index contributed by atoms with van der Waals surface area (Å²) in [7, 11) is 0. The summed E-state index contributed by atoms with van der Waals surface area (Å²) in [5.74, 6) is -0.0938. The number of aromatic amines is 1. The molecule has 0 fully saturated rings. The predicted octanol–water partition coefficient (Wildman–Crippen LogP) is 2.98. The van der Waals surface area contributed by atoms with E-state index in [1.165, 1.54) is 24.5 Å². The molecule has 6 nitrogen and oxygen atoms in total. The van der Waals surface area contributed by atoms with Crippen LogP contribution < -0.4 is 10.5 Å². The molecule has 0 saturated heterocycles. The Labute approximate surface area is 125 Å². The van der Waals surface area contributed by atoms with Gasteiger partial charge in [-0.1, -0.05) is 12.1 Å². The molecule has 2 heterocycles. The molecule has 0 saturated carbocycles. The Bertz CT molecular complexity index is 820. The van der Waals surface area contributed by atoms with Gasteiger partial charge in [0.25, 0.3) is 0 Å². The zero-order valence-corrected chi connectivity index (χ0v) is 11.6. The molecule has 3 N–H and O–H groups in total. The van der Waals surface area contributed by atoms with Gasteiger partial charge in [-0.15, -0.1) is 13.2 Å². The number of imidazole rings is 1. The van der Waals surface area contributed by atoms with E-state index < -0.39 is 6.36 Å². The van der Waals surface area contributed by atoms with Gasteiger partial charge in [-0.25, -0.2) is 15.0 Å². The zero-order chi connectivity index (χ0) is 15.7. The highest BCUT2D eigenvalue weighted by molar-refractivity contribution is 7.99. The van der Waals surface area contributed by atoms with Crippen molar-refractivity contribution in [1.82, 2.24) is 19.9 Å². The SMILES string of the molecule is Nc1ncnc2nc(Sc3ccccc3OC(F)(F)F)[nH]c12. The second kappa shape index (κ2) is 5.37. The number of anilines is 1. The number of para-hydroxylation sites is 1. The lowest BCUT2D eigenvalue weighted by molar-refractivity contribution is -0.275. The number of fused-ring (bicyclic) bond motifs is 1. The van der Waals surface area contributed by atoms with Crippen molar-refractivity contribution in [2.45, 2.75) is 16.4 Å². The van der Waals surface area contributed by atoms with Crippen LogP contribution in [-0.2, 0) is 0 Å². The standard InChI is InChI=1S/C12H8F3N5OS/c13-12(14,15)21-6-3-1-2-4-7(6)22-11-19-8-9(16)17-5-18-10(8)20-11/h1-5H,(H3,16,17,18,19,20). The molecule has 0 radical (unpaired) electrons. The number of nitrogen functional groups attached to an aromatic ring is 1. The molecule has 0 aliphatic heterocycles. The highest BCUT2D eigenvalue weighted by Crippen LogP contribution is 2.36. The topological polar surface area (TPSA) is 89.7 Å². The first kappa shape index (κ1) is 14.4. The van der Waals surface area contributed by atoms with Crippen molar-refractivity contribution in [2.24, 2.45) is 0 Å². The molecule has 0 spiro atoms. The third-order valence-corrected chi connectivity index (χ3v) is 3.52. The Morgan fingerprint density at radius 1 is 1.18 bits per heavy atom. The summed E-state index contributed by atoms with van der Waals surface area (Å²) in [5, 5.41) is 0.334. The van der Waals surface area contributed by atoms with Gasteiger partial charge < -0.3 is 15.5 Å². The molecule has 10 heteroatoms. The highest BCUT2D eigenvalue weighted by Gasteiger charge is 2.32. The van der Waals surface area contributed by atoms with E-state index in [1.54, 1.807) is 6.07 Å². The number of H-pyrrole nitrogens is 1. The third kappa shape index (κ3) is 3.06. The van der Waals surface area contributed by atoms with Gasteiger partial charge in [0.1, 0.15) is 17.6 Å². The number of hydrogen-bond donors (Lipinski definition) is 2. The quantitative estimate of drug-likeness (QED) is 0.769. The Kier molecular flexibility index (Phi) is 3.53. The molecule has 3 rings (SSSR count). The molecule has 114 valence electrons. The van der Waals surface area contributed by atoms with Crippen LogP contribution in [0.2, 0.25) is 0 Å². The van der Waals surface area contributed by atoms with Crippen LogP contribution in [0.5, 0.6) is 5.75 Å². The second-order valence-corrected chi connectivity index (χ2v) is 5.13. The number of hydrogen-bond acceptors (Lipinski definition) is 6. The molecule has 0 atom stereocenters. The van der Waals surface area contributed by atoms with Crippen molar-refractivity contribution in [1.29, 1.82) is 0 Å². The second-order valence-electron chi connectivity index (χ2n) is 4.10. The van der Waals surface area contributed by atoms with Crippen LogP contribution in [0.4, 0.5) is 19.0 Å². The van der Waals surface area contributed by atoms with Crippen molar-refractivity contribution >= 4 is 28.7 Å². The smallest absolute Gasteiger partial charge is 0.405 e. The number of benzene rings is 1. The number of aromatic nitrogens is 4. The van der Waals surface area contributed by atoms with E-state index in [-0.39, 0.29) is 16.5 Å². The minimum absolute atomic E-state index is 0.212. The van der Waals surface area contributed by atoms with E-state index in [1.807, 2.05) is 0 Å². The number of halogens is 3. The van der Waals surface area contributed by atoms with Crippen molar-refractivity contribution < 1.29 is 17.9 Å². The number of nitrogens with two attached hydrogens (primary N) is 1. The number of ether oxygens (including phenoxy) is 1. The van der Waals surface area contributed by atoms with E-state index in [2.05, 4.69) is 24.7 Å². The first-order valence-corrected chi connectivity index (χ1v) is 6.73. The van der Waals surface area contributed by atoms with Gasteiger partial charge in [0.2, 0.25) is 0 Å². The van der Waals surface area contributed by atoms with Crippen LogP contribution in [0, 0.1) is 0 Å². The molecule has 0 aliphatic carbocycles. The minimum atomic E-state index is -4.76. The normalized spacial score (nSPS) is 11.8. The molecule has 0 bridgehead atoms. The largest absolute Gasteiger partial charge is 0.573 e. The van der Waals surface area contributed by atoms with Gasteiger partial charge in [-0.2, -0.15) is 0 Å². The summed E-state index contributed by atoms with van der Waals surface area (Å²) in [6.07, 6.45) is -3.51. The molecular weight excluding hydrogens is 319 g/mol. The number of alkyl halides is 3. The van der Waals surface area contributed by atoms with Gasteiger partial charge in [-0.05, 0) is 23.9 Å². The van der Waals surface area contributed by atoms with Crippen LogP contribution in [0.3, 0.4) is 0 Å². The number of nitrogens with zero attached hydrogens (tertiary/aromatic N) is 3. The Morgan fingerprint density at radius 2 is 1.95 bits per heavy atom. The lowest BCUT2D eigenvalue weighted by Crippen LogP contribution is -2.17. The minimum Gasteiger partial charge on any atom is -0.405 e. The van der Waals surface area contributed by atoms with Gasteiger partial charge in [0.15, 0.2) is 16.6 Å². The molecule has 3 aromatic rings. The summed E-state index contributed by atoms with van der Waals surface area (Å²) in [4.78, 5) is 15.0. The van der Waals surface area contributed by atoms with Gasteiger partial charge in [0, 0.05) is 0 Å². The van der Waals surface area contributed by atoms with Crippen LogP contribution in [-0.4, -0.2) is 26.3 Å². The summed E-state index contributed by atoms with van der Waals surface area (Å²) < 4.78 is 41.2. The fourth-order valence-electron chi connectivity index (χ4n) is 1.72. The van der Waals surface area contributed by atoms with Crippen molar-refractivity contribution in [2.75, 3.05) is 5.73 Å². The van der Waals surface area contributed by atoms with Crippen LogP contribution in [0.15, 0.2) is 40.6 Å². The van der Waals surface area contributed by atoms with E-state index in [4.69, 9.17) is 5.73 Å². The molecule has 0 aliphatic rings. The van der Waals surface area contributed by atoms with E-state index >= 15 is 0 Å². The molecule has 22 heavy (non-hydrogen) atoms. The van der Waals surface area contributed by atoms with Gasteiger partial charge >= 0.3 is 6.36 Å². The molecule has 0 amide bonds. The summed E-state index contributed by atoms with van der Waals surface area (Å²) in [5.41, 5.74) is 6.44. The van der Waals surface area contributed by atoms with E-state index in [0.29, 0.717) is 16.3 Å². The maximum absolute atomic E-state index is 12.4. The van der Waals surface area contributed by atoms with Gasteiger partial charge in [-0.3, -0.25) is 0 Å². The first-order valence-electron chi connectivity index (χ1n) is 5.91. The summed E-state index contributed by atoms with van der Waals surface area (Å²) in [6.45, 7) is 0. The Morgan fingerprint density at radius 3 is 2.68 bits per heavy atom. The van der Waals surface area contributed by atoms with E-state index in [9.17, 15) is 13.2 Å². The molecule has 0 unspecified atom stereocenters. The monoisotopic (exact) mass is 327 g/mol. The fourth-order valence-corrected chi connectivity index (χ4v) is 2.57. The van der Waals surface area contributed by atoms with Crippen LogP contribution in [0.25, 0.3) is 11.2 Å². The predicted molar refractivity (Wildman–Crippen MR) is 73.3 cm³/mol. The van der Waals surface area contributed by atoms with Crippen LogP contribution >= 0.6 is 11.8 Å².